The highest BCUT2D eigenvalue weighted by Crippen LogP contribution is 2.26. The van der Waals surface area contributed by atoms with Crippen molar-refractivity contribution in [2.24, 2.45) is 5.73 Å². The molecule has 2 aromatic rings. The van der Waals surface area contributed by atoms with E-state index in [0.717, 1.165) is 13.0 Å². The molecule has 1 unspecified atom stereocenters. The summed E-state index contributed by atoms with van der Waals surface area (Å²) in [7, 11) is 0. The molecule has 0 bridgehead atoms. The van der Waals surface area contributed by atoms with Crippen molar-refractivity contribution in [3.63, 3.8) is 0 Å². The third-order valence-electron chi connectivity index (χ3n) is 3.04. The maximum atomic E-state index is 5.81. The number of benzene rings is 2. The highest BCUT2D eigenvalue weighted by molar-refractivity contribution is 5.86. The Morgan fingerprint density at radius 2 is 1.80 bits per heavy atom. The van der Waals surface area contributed by atoms with E-state index >= 15 is 0 Å². The minimum Gasteiger partial charge on any atom is -0.330 e. The van der Waals surface area contributed by atoms with Gasteiger partial charge in [0, 0.05) is 0 Å². The first-order valence-corrected chi connectivity index (χ1v) is 5.54. The molecule has 2 aromatic carbocycles. The van der Waals surface area contributed by atoms with Crippen molar-refractivity contribution in [3.8, 4) is 0 Å². The summed E-state index contributed by atoms with van der Waals surface area (Å²) in [6.45, 7) is 2.92. The zero-order chi connectivity index (χ0) is 10.7. The zero-order valence-electron chi connectivity index (χ0n) is 9.11. The highest BCUT2D eigenvalue weighted by Gasteiger charge is 2.09. The Bertz CT molecular complexity index is 439. The predicted molar refractivity (Wildman–Crippen MR) is 66.0 cm³/mol. The van der Waals surface area contributed by atoms with E-state index in [1.165, 1.54) is 16.3 Å². The molecule has 1 heteroatoms. The summed E-state index contributed by atoms with van der Waals surface area (Å²) in [4.78, 5) is 0. The Kier molecular flexibility index (Phi) is 3.02. The minimum atomic E-state index is 0.482. The molecular weight excluding hydrogens is 182 g/mol. The van der Waals surface area contributed by atoms with Gasteiger partial charge in [0.05, 0.1) is 0 Å². The SMILES string of the molecule is CCC(CN)c1cccc2ccccc12. The number of nitrogens with two attached hydrogens (primary N) is 1. The van der Waals surface area contributed by atoms with Crippen LogP contribution in [0, 0.1) is 0 Å². The lowest BCUT2D eigenvalue weighted by atomic mass is 9.92. The van der Waals surface area contributed by atoms with Crippen LogP contribution in [0.2, 0.25) is 0 Å². The molecule has 1 atom stereocenters. The Hall–Kier alpha value is -1.34. The normalized spacial score (nSPS) is 12.9. The van der Waals surface area contributed by atoms with Crippen molar-refractivity contribution in [1.29, 1.82) is 0 Å². The second-order valence-corrected chi connectivity index (χ2v) is 3.91. The van der Waals surface area contributed by atoms with Crippen molar-refractivity contribution in [3.05, 3.63) is 48.0 Å². The van der Waals surface area contributed by atoms with Crippen LogP contribution in [0.3, 0.4) is 0 Å². The van der Waals surface area contributed by atoms with Gasteiger partial charge >= 0.3 is 0 Å². The predicted octanol–water partition coefficient (Wildman–Crippen LogP) is 3.29. The molecule has 2 rings (SSSR count). The number of hydrogen-bond acceptors (Lipinski definition) is 1. The third kappa shape index (κ3) is 1.88. The number of rotatable bonds is 3. The van der Waals surface area contributed by atoms with Gasteiger partial charge in [-0.1, -0.05) is 49.4 Å². The monoisotopic (exact) mass is 199 g/mol. The van der Waals surface area contributed by atoms with Crippen LogP contribution in [0.15, 0.2) is 42.5 Å². The van der Waals surface area contributed by atoms with Crippen LogP contribution in [0.4, 0.5) is 0 Å². The summed E-state index contributed by atoms with van der Waals surface area (Å²) >= 11 is 0. The highest BCUT2D eigenvalue weighted by atomic mass is 14.5. The lowest BCUT2D eigenvalue weighted by Gasteiger charge is -2.15. The van der Waals surface area contributed by atoms with Crippen LogP contribution in [0.5, 0.6) is 0 Å². The molecule has 0 aliphatic carbocycles. The van der Waals surface area contributed by atoms with Gasteiger partial charge < -0.3 is 5.73 Å². The van der Waals surface area contributed by atoms with Gasteiger partial charge in [-0.05, 0) is 35.2 Å². The molecular formula is C14H17N. The van der Waals surface area contributed by atoms with Crippen LogP contribution in [0.25, 0.3) is 10.8 Å². The molecule has 0 aliphatic heterocycles. The van der Waals surface area contributed by atoms with Crippen molar-refractivity contribution in [2.75, 3.05) is 6.54 Å². The summed E-state index contributed by atoms with van der Waals surface area (Å²) in [6, 6.07) is 15.0. The molecule has 0 amide bonds. The van der Waals surface area contributed by atoms with E-state index in [2.05, 4.69) is 49.4 Å². The second-order valence-electron chi connectivity index (χ2n) is 3.91. The summed E-state index contributed by atoms with van der Waals surface area (Å²) in [6.07, 6.45) is 1.10. The van der Waals surface area contributed by atoms with E-state index in [1.807, 2.05) is 0 Å². The first kappa shape index (κ1) is 10.2. The van der Waals surface area contributed by atoms with Gasteiger partial charge in [0.2, 0.25) is 0 Å². The van der Waals surface area contributed by atoms with Crippen LogP contribution in [-0.2, 0) is 0 Å². The van der Waals surface area contributed by atoms with Gasteiger partial charge in [0.1, 0.15) is 0 Å². The smallest absolute Gasteiger partial charge is 0.000812 e. The molecule has 0 saturated carbocycles. The molecule has 0 aliphatic rings. The van der Waals surface area contributed by atoms with Gasteiger partial charge in [-0.25, -0.2) is 0 Å². The molecule has 0 spiro atoms. The molecule has 0 fully saturated rings. The summed E-state index contributed by atoms with van der Waals surface area (Å²) in [5.74, 6) is 0.482. The minimum absolute atomic E-state index is 0.482. The average Bonchev–Trinajstić information content (AvgIpc) is 2.31. The fourth-order valence-electron chi connectivity index (χ4n) is 2.12. The Morgan fingerprint density at radius 1 is 1.07 bits per heavy atom. The standard InChI is InChI=1S/C14H17N/c1-2-11(10-15)13-9-5-7-12-6-3-4-8-14(12)13/h3-9,11H,2,10,15H2,1H3. The van der Waals surface area contributed by atoms with Gasteiger partial charge in [-0.2, -0.15) is 0 Å². The fourth-order valence-corrected chi connectivity index (χ4v) is 2.12. The molecule has 0 aromatic heterocycles. The first-order valence-electron chi connectivity index (χ1n) is 5.54. The molecule has 1 nitrogen and oxygen atoms in total. The lowest BCUT2D eigenvalue weighted by molar-refractivity contribution is 0.679. The molecule has 0 heterocycles. The largest absolute Gasteiger partial charge is 0.330 e. The lowest BCUT2D eigenvalue weighted by Crippen LogP contribution is -2.11. The zero-order valence-corrected chi connectivity index (χ0v) is 9.11. The van der Waals surface area contributed by atoms with E-state index in [4.69, 9.17) is 5.73 Å². The molecule has 2 N–H and O–H groups in total. The third-order valence-corrected chi connectivity index (χ3v) is 3.04. The number of hydrogen-bond donors (Lipinski definition) is 1. The summed E-state index contributed by atoms with van der Waals surface area (Å²) in [5.41, 5.74) is 7.19. The van der Waals surface area contributed by atoms with E-state index in [-0.39, 0.29) is 0 Å². The quantitative estimate of drug-likeness (QED) is 0.806. The van der Waals surface area contributed by atoms with Crippen molar-refractivity contribution in [1.82, 2.24) is 0 Å². The maximum absolute atomic E-state index is 5.81. The topological polar surface area (TPSA) is 26.0 Å². The molecule has 15 heavy (non-hydrogen) atoms. The van der Waals surface area contributed by atoms with E-state index in [1.54, 1.807) is 0 Å². The van der Waals surface area contributed by atoms with E-state index < -0.39 is 0 Å². The fraction of sp³-hybridized carbons (Fsp3) is 0.286. The summed E-state index contributed by atoms with van der Waals surface area (Å²) < 4.78 is 0. The van der Waals surface area contributed by atoms with Crippen molar-refractivity contribution < 1.29 is 0 Å². The Labute approximate surface area is 90.9 Å². The van der Waals surface area contributed by atoms with Gasteiger partial charge in [-0.3, -0.25) is 0 Å². The van der Waals surface area contributed by atoms with Crippen LogP contribution in [0.1, 0.15) is 24.8 Å². The van der Waals surface area contributed by atoms with Gasteiger partial charge in [0.15, 0.2) is 0 Å². The van der Waals surface area contributed by atoms with Gasteiger partial charge in [0.25, 0.3) is 0 Å². The van der Waals surface area contributed by atoms with E-state index in [9.17, 15) is 0 Å². The average molecular weight is 199 g/mol. The second kappa shape index (κ2) is 4.45. The number of fused-ring (bicyclic) bond motifs is 1. The Morgan fingerprint density at radius 3 is 2.53 bits per heavy atom. The van der Waals surface area contributed by atoms with Crippen molar-refractivity contribution in [2.45, 2.75) is 19.3 Å². The van der Waals surface area contributed by atoms with E-state index in [0.29, 0.717) is 5.92 Å². The van der Waals surface area contributed by atoms with Crippen LogP contribution < -0.4 is 5.73 Å². The molecule has 0 saturated heterocycles. The molecule has 0 radical (unpaired) electrons. The van der Waals surface area contributed by atoms with Crippen molar-refractivity contribution >= 4 is 10.8 Å². The summed E-state index contributed by atoms with van der Waals surface area (Å²) in [5, 5.41) is 2.65. The van der Waals surface area contributed by atoms with Crippen LogP contribution in [-0.4, -0.2) is 6.54 Å². The maximum Gasteiger partial charge on any atom is -0.000812 e. The molecule has 78 valence electrons. The van der Waals surface area contributed by atoms with Crippen LogP contribution >= 0.6 is 0 Å². The van der Waals surface area contributed by atoms with Gasteiger partial charge in [-0.15, -0.1) is 0 Å². The Balaban J connectivity index is 2.59. The first-order chi connectivity index (χ1) is 7.36.